The number of hydrogen-bond acceptors (Lipinski definition) is 6. The van der Waals surface area contributed by atoms with Crippen molar-refractivity contribution in [2.75, 3.05) is 11.5 Å². The van der Waals surface area contributed by atoms with Crippen LogP contribution >= 0.6 is 0 Å². The van der Waals surface area contributed by atoms with Gasteiger partial charge in [-0.15, -0.1) is 0 Å². The van der Waals surface area contributed by atoms with E-state index in [1.54, 1.807) is 36.4 Å². The average molecular weight is 486 g/mol. The Hall–Kier alpha value is -4.39. The lowest BCUT2D eigenvalue weighted by molar-refractivity contribution is -0.132. The number of benzene rings is 3. The number of carbonyl (C=O) groups excluding carboxylic acids is 3. The van der Waals surface area contributed by atoms with Crippen molar-refractivity contribution >= 4 is 29.1 Å². The summed E-state index contributed by atoms with van der Waals surface area (Å²) in [6.07, 6.45) is 0.666. The molecular weight excluding hydrogens is 458 g/mol. The summed E-state index contributed by atoms with van der Waals surface area (Å²) in [5.41, 5.74) is 3.07. The largest absolute Gasteiger partial charge is 0.508 e. The number of phenolic OH excluding ortho intramolecular Hbond substituents is 1. The van der Waals surface area contributed by atoms with Crippen molar-refractivity contribution in [1.29, 1.82) is 0 Å². The Morgan fingerprint density at radius 3 is 2.42 bits per heavy atom. The molecular formula is C29H27NO6. The van der Waals surface area contributed by atoms with Gasteiger partial charge in [0.1, 0.15) is 11.5 Å². The highest BCUT2D eigenvalue weighted by atomic mass is 16.5. The first-order valence-corrected chi connectivity index (χ1v) is 11.7. The van der Waals surface area contributed by atoms with Crippen molar-refractivity contribution in [3.8, 4) is 5.75 Å². The molecule has 4 rings (SSSR count). The van der Waals surface area contributed by atoms with Crippen LogP contribution in [-0.2, 0) is 14.3 Å². The van der Waals surface area contributed by atoms with Crippen molar-refractivity contribution in [2.45, 2.75) is 33.2 Å². The first kappa shape index (κ1) is 24.7. The summed E-state index contributed by atoms with van der Waals surface area (Å²) >= 11 is 0. The molecule has 1 atom stereocenters. The minimum Gasteiger partial charge on any atom is -0.508 e. The molecule has 7 heteroatoms. The summed E-state index contributed by atoms with van der Waals surface area (Å²) in [5, 5.41) is 21.2. The van der Waals surface area contributed by atoms with E-state index in [-0.39, 0.29) is 29.3 Å². The lowest BCUT2D eigenvalue weighted by Gasteiger charge is -2.26. The Balaban J connectivity index is 1.90. The van der Waals surface area contributed by atoms with Crippen LogP contribution in [0.1, 0.15) is 52.0 Å². The minimum absolute atomic E-state index is 0.0193. The lowest BCUT2D eigenvalue weighted by Crippen LogP contribution is -2.29. The molecule has 0 spiro atoms. The van der Waals surface area contributed by atoms with E-state index >= 15 is 0 Å². The average Bonchev–Trinajstić information content (AvgIpc) is 3.14. The Kier molecular flexibility index (Phi) is 6.92. The van der Waals surface area contributed by atoms with Gasteiger partial charge in [0.25, 0.3) is 11.7 Å². The monoisotopic (exact) mass is 485 g/mol. The second kappa shape index (κ2) is 10.1. The van der Waals surface area contributed by atoms with E-state index in [1.165, 1.54) is 23.1 Å². The van der Waals surface area contributed by atoms with E-state index in [2.05, 4.69) is 0 Å². The number of aryl methyl sites for hydroxylation is 2. The molecule has 0 bridgehead atoms. The molecule has 184 valence electrons. The lowest BCUT2D eigenvalue weighted by atomic mass is 9.93. The summed E-state index contributed by atoms with van der Waals surface area (Å²) < 4.78 is 5.22. The summed E-state index contributed by atoms with van der Waals surface area (Å²) in [6.45, 7) is 5.83. The van der Waals surface area contributed by atoms with Crippen LogP contribution in [0.2, 0.25) is 0 Å². The van der Waals surface area contributed by atoms with Gasteiger partial charge in [-0.2, -0.15) is 0 Å². The zero-order valence-electron chi connectivity index (χ0n) is 20.3. The number of ether oxygens (including phenoxy) is 1. The molecule has 1 amide bonds. The molecule has 0 saturated carbocycles. The smallest absolute Gasteiger partial charge is 0.338 e. The molecule has 3 aromatic rings. The van der Waals surface area contributed by atoms with Crippen molar-refractivity contribution in [2.24, 2.45) is 0 Å². The van der Waals surface area contributed by atoms with Gasteiger partial charge in [-0.25, -0.2) is 4.79 Å². The highest BCUT2D eigenvalue weighted by Gasteiger charge is 2.47. The second-order valence-electron chi connectivity index (χ2n) is 8.77. The number of esters is 1. The Labute approximate surface area is 209 Å². The van der Waals surface area contributed by atoms with Gasteiger partial charge < -0.3 is 14.9 Å². The van der Waals surface area contributed by atoms with Crippen molar-refractivity contribution in [1.82, 2.24) is 0 Å². The standard InChI is InChI=1S/C29H27NO6/c1-4-14-36-29(35)20-6-5-7-21(16-20)30-25(19-10-12-22(31)13-11-19)24(27(33)28(30)34)26(32)23-15-17(2)8-9-18(23)3/h5-13,15-16,25,31-32H,4,14H2,1-3H3/b26-24+. The number of phenols is 1. The van der Waals surface area contributed by atoms with Gasteiger partial charge in [0.2, 0.25) is 0 Å². The Bertz CT molecular complexity index is 1370. The molecule has 1 unspecified atom stereocenters. The summed E-state index contributed by atoms with van der Waals surface area (Å²) in [5.74, 6) is -2.48. The zero-order chi connectivity index (χ0) is 26.0. The van der Waals surface area contributed by atoms with Crippen molar-refractivity contribution in [3.63, 3.8) is 0 Å². The first-order chi connectivity index (χ1) is 17.2. The molecule has 1 fully saturated rings. The minimum atomic E-state index is -0.979. The van der Waals surface area contributed by atoms with Gasteiger partial charge in [-0.3, -0.25) is 14.5 Å². The fraction of sp³-hybridized carbons (Fsp3) is 0.207. The molecule has 0 radical (unpaired) electrons. The summed E-state index contributed by atoms with van der Waals surface area (Å²) in [7, 11) is 0. The van der Waals surface area contributed by atoms with E-state index < -0.39 is 23.7 Å². The van der Waals surface area contributed by atoms with Crippen molar-refractivity contribution < 1.29 is 29.3 Å². The molecule has 7 nitrogen and oxygen atoms in total. The van der Waals surface area contributed by atoms with Crippen LogP contribution in [-0.4, -0.2) is 34.5 Å². The van der Waals surface area contributed by atoms with Crippen LogP contribution in [0.25, 0.3) is 5.76 Å². The summed E-state index contributed by atoms with van der Waals surface area (Å²) in [4.78, 5) is 40.5. The summed E-state index contributed by atoms with van der Waals surface area (Å²) in [6, 6.07) is 16.9. The number of rotatable bonds is 6. The van der Waals surface area contributed by atoms with Gasteiger partial charge in [0, 0.05) is 11.3 Å². The van der Waals surface area contributed by atoms with E-state index in [9.17, 15) is 24.6 Å². The number of carbonyl (C=O) groups is 3. The predicted molar refractivity (Wildman–Crippen MR) is 136 cm³/mol. The van der Waals surface area contributed by atoms with Gasteiger partial charge in [-0.1, -0.05) is 42.8 Å². The van der Waals surface area contributed by atoms with Crippen LogP contribution < -0.4 is 4.90 Å². The number of aliphatic hydroxyl groups excluding tert-OH is 1. The first-order valence-electron chi connectivity index (χ1n) is 11.7. The van der Waals surface area contributed by atoms with Crippen molar-refractivity contribution in [3.05, 3.63) is 100 Å². The molecule has 2 N–H and O–H groups in total. The third-order valence-electron chi connectivity index (χ3n) is 6.10. The van der Waals surface area contributed by atoms with Gasteiger partial charge in [0.15, 0.2) is 0 Å². The number of nitrogens with zero attached hydrogens (tertiary/aromatic N) is 1. The number of hydrogen-bond donors (Lipinski definition) is 2. The van der Waals surface area contributed by atoms with Crippen LogP contribution in [0.3, 0.4) is 0 Å². The SMILES string of the molecule is CCCOC(=O)c1cccc(N2C(=O)C(=O)/C(=C(/O)c3cc(C)ccc3C)C2c2ccc(O)cc2)c1. The molecule has 3 aromatic carbocycles. The maximum absolute atomic E-state index is 13.4. The molecule has 1 aliphatic rings. The van der Waals surface area contributed by atoms with Gasteiger partial charge in [0.05, 0.1) is 23.8 Å². The number of Topliss-reactive ketones (excluding diaryl/α,β-unsaturated/α-hetero) is 1. The van der Waals surface area contributed by atoms with E-state index in [0.29, 0.717) is 23.2 Å². The molecule has 0 aliphatic carbocycles. The Morgan fingerprint density at radius 2 is 1.72 bits per heavy atom. The molecule has 1 saturated heterocycles. The fourth-order valence-corrected chi connectivity index (χ4v) is 4.27. The number of anilines is 1. The highest BCUT2D eigenvalue weighted by molar-refractivity contribution is 6.51. The second-order valence-corrected chi connectivity index (χ2v) is 8.77. The zero-order valence-corrected chi connectivity index (χ0v) is 20.3. The molecule has 36 heavy (non-hydrogen) atoms. The maximum atomic E-state index is 13.4. The third kappa shape index (κ3) is 4.60. The van der Waals surface area contributed by atoms with Crippen LogP contribution in [0, 0.1) is 13.8 Å². The van der Waals surface area contributed by atoms with E-state index in [1.807, 2.05) is 32.9 Å². The highest BCUT2D eigenvalue weighted by Crippen LogP contribution is 2.43. The van der Waals surface area contributed by atoms with Crippen LogP contribution in [0.5, 0.6) is 5.75 Å². The normalized spacial score (nSPS) is 16.9. The van der Waals surface area contributed by atoms with E-state index in [4.69, 9.17) is 4.74 Å². The molecule has 1 aliphatic heterocycles. The van der Waals surface area contributed by atoms with Crippen LogP contribution in [0.15, 0.2) is 72.3 Å². The third-order valence-corrected chi connectivity index (χ3v) is 6.10. The number of aromatic hydroxyl groups is 1. The number of ketones is 1. The van der Waals surface area contributed by atoms with Crippen LogP contribution in [0.4, 0.5) is 5.69 Å². The fourth-order valence-electron chi connectivity index (χ4n) is 4.27. The number of aliphatic hydroxyl groups is 1. The number of amides is 1. The quantitative estimate of drug-likeness (QED) is 0.215. The molecule has 0 aromatic heterocycles. The van der Waals surface area contributed by atoms with Gasteiger partial charge >= 0.3 is 5.97 Å². The van der Waals surface area contributed by atoms with Gasteiger partial charge in [-0.05, 0) is 67.8 Å². The maximum Gasteiger partial charge on any atom is 0.338 e. The predicted octanol–water partition coefficient (Wildman–Crippen LogP) is 5.20. The topological polar surface area (TPSA) is 104 Å². The van der Waals surface area contributed by atoms with E-state index in [0.717, 1.165) is 11.1 Å². The Morgan fingerprint density at radius 1 is 1.00 bits per heavy atom. The molecule has 1 heterocycles.